The van der Waals surface area contributed by atoms with Crippen LogP contribution >= 0.6 is 11.6 Å². The van der Waals surface area contributed by atoms with Gasteiger partial charge in [0.1, 0.15) is 0 Å². The highest BCUT2D eigenvalue weighted by Gasteiger charge is 2.34. The zero-order valence-corrected chi connectivity index (χ0v) is 13.3. The van der Waals surface area contributed by atoms with E-state index in [1.807, 2.05) is 23.1 Å². The monoisotopic (exact) mass is 305 g/mol. The minimum Gasteiger partial charge on any atom is -0.360 e. The molecule has 21 heavy (non-hydrogen) atoms. The van der Waals surface area contributed by atoms with Crippen molar-refractivity contribution in [2.24, 2.45) is 5.92 Å². The molecular formula is C16H20ClN3O. The van der Waals surface area contributed by atoms with Crippen molar-refractivity contribution < 1.29 is 4.79 Å². The van der Waals surface area contributed by atoms with Crippen molar-refractivity contribution in [3.63, 3.8) is 0 Å². The Bertz CT molecular complexity index is 679. The van der Waals surface area contributed by atoms with E-state index >= 15 is 0 Å². The molecule has 1 aromatic heterocycles. The summed E-state index contributed by atoms with van der Waals surface area (Å²) in [7, 11) is 4.14. The van der Waals surface area contributed by atoms with Crippen molar-refractivity contribution >= 4 is 28.4 Å². The van der Waals surface area contributed by atoms with Gasteiger partial charge in [0, 0.05) is 41.3 Å². The molecule has 5 heteroatoms. The van der Waals surface area contributed by atoms with Gasteiger partial charge in [0.2, 0.25) is 0 Å². The van der Waals surface area contributed by atoms with Crippen LogP contribution in [0.25, 0.3) is 10.9 Å². The molecule has 2 atom stereocenters. The normalized spacial score (nSPS) is 22.4. The summed E-state index contributed by atoms with van der Waals surface area (Å²) in [6.45, 7) is 3.79. The standard InChI is InChI=1S/C16H20ClN3O/c1-10-8-20(9-15(10)19(2)3)16(21)13-7-18-14-6-11(17)4-5-12(13)14/h4-7,10,15,18H,8-9H2,1-3H3/t10-,15+/m1/s1. The van der Waals surface area contributed by atoms with Crippen LogP contribution in [0.2, 0.25) is 5.02 Å². The summed E-state index contributed by atoms with van der Waals surface area (Å²) in [6, 6.07) is 6.00. The highest BCUT2D eigenvalue weighted by Crippen LogP contribution is 2.26. The Labute approximate surface area is 129 Å². The third kappa shape index (κ3) is 2.54. The number of nitrogens with zero attached hydrogens (tertiary/aromatic N) is 2. The molecule has 0 spiro atoms. The van der Waals surface area contributed by atoms with Gasteiger partial charge < -0.3 is 14.8 Å². The lowest BCUT2D eigenvalue weighted by atomic mass is 10.1. The Hall–Kier alpha value is -1.52. The second-order valence-electron chi connectivity index (χ2n) is 6.11. The van der Waals surface area contributed by atoms with Crippen molar-refractivity contribution in [1.82, 2.24) is 14.8 Å². The summed E-state index contributed by atoms with van der Waals surface area (Å²) in [4.78, 5) is 20.1. The van der Waals surface area contributed by atoms with Crippen LogP contribution in [0.1, 0.15) is 17.3 Å². The van der Waals surface area contributed by atoms with Gasteiger partial charge in [-0.3, -0.25) is 4.79 Å². The van der Waals surface area contributed by atoms with Crippen molar-refractivity contribution in [2.75, 3.05) is 27.2 Å². The summed E-state index contributed by atoms with van der Waals surface area (Å²) in [5.41, 5.74) is 1.63. The third-order valence-electron chi connectivity index (χ3n) is 4.40. The molecule has 1 saturated heterocycles. The average Bonchev–Trinajstić information content (AvgIpc) is 3.01. The van der Waals surface area contributed by atoms with E-state index in [4.69, 9.17) is 11.6 Å². The number of carbonyl (C=O) groups excluding carboxylic acids is 1. The first kappa shape index (κ1) is 14.4. The van der Waals surface area contributed by atoms with Gasteiger partial charge in [0.15, 0.2) is 0 Å². The number of fused-ring (bicyclic) bond motifs is 1. The second-order valence-corrected chi connectivity index (χ2v) is 6.55. The minimum atomic E-state index is 0.0970. The number of halogens is 1. The number of H-pyrrole nitrogens is 1. The maximum atomic E-state index is 12.8. The van der Waals surface area contributed by atoms with Gasteiger partial charge in [-0.25, -0.2) is 0 Å². The molecule has 0 aliphatic carbocycles. The topological polar surface area (TPSA) is 39.3 Å². The molecule has 0 radical (unpaired) electrons. The number of hydrogen-bond acceptors (Lipinski definition) is 2. The number of aromatic amines is 1. The van der Waals surface area contributed by atoms with E-state index < -0.39 is 0 Å². The van der Waals surface area contributed by atoms with Crippen LogP contribution in [-0.4, -0.2) is 53.9 Å². The van der Waals surface area contributed by atoms with Crippen molar-refractivity contribution in [3.05, 3.63) is 35.0 Å². The smallest absolute Gasteiger partial charge is 0.256 e. The van der Waals surface area contributed by atoms with Crippen molar-refractivity contribution in [3.8, 4) is 0 Å². The van der Waals surface area contributed by atoms with Crippen molar-refractivity contribution in [2.45, 2.75) is 13.0 Å². The van der Waals surface area contributed by atoms with Gasteiger partial charge in [-0.15, -0.1) is 0 Å². The molecule has 0 saturated carbocycles. The number of aromatic nitrogens is 1. The number of hydrogen-bond donors (Lipinski definition) is 1. The van der Waals surface area contributed by atoms with E-state index in [0.717, 1.165) is 29.6 Å². The Morgan fingerprint density at radius 2 is 2.14 bits per heavy atom. The Morgan fingerprint density at radius 3 is 2.81 bits per heavy atom. The molecule has 1 N–H and O–H groups in total. The van der Waals surface area contributed by atoms with Crippen LogP contribution in [-0.2, 0) is 0 Å². The molecule has 1 aliphatic rings. The number of likely N-dealkylation sites (N-methyl/N-ethyl adjacent to an activating group) is 1. The predicted octanol–water partition coefficient (Wildman–Crippen LogP) is 2.84. The van der Waals surface area contributed by atoms with E-state index in [9.17, 15) is 4.79 Å². The quantitative estimate of drug-likeness (QED) is 0.926. The maximum Gasteiger partial charge on any atom is 0.256 e. The fourth-order valence-electron chi connectivity index (χ4n) is 3.23. The number of amides is 1. The zero-order valence-electron chi connectivity index (χ0n) is 12.6. The molecule has 1 aromatic carbocycles. The minimum absolute atomic E-state index is 0.0970. The fourth-order valence-corrected chi connectivity index (χ4v) is 3.41. The molecule has 0 bridgehead atoms. The van der Waals surface area contributed by atoms with Gasteiger partial charge in [-0.1, -0.05) is 24.6 Å². The molecule has 112 valence electrons. The SMILES string of the molecule is C[C@@H]1CN(C(=O)c2c[nH]c3cc(Cl)ccc23)C[C@@H]1N(C)C. The molecule has 3 rings (SSSR count). The average molecular weight is 306 g/mol. The summed E-state index contributed by atoms with van der Waals surface area (Å²) < 4.78 is 0. The van der Waals surface area contributed by atoms with Crippen molar-refractivity contribution in [1.29, 1.82) is 0 Å². The molecule has 1 aliphatic heterocycles. The first-order chi connectivity index (χ1) is 9.97. The number of nitrogens with one attached hydrogen (secondary N) is 1. The highest BCUT2D eigenvalue weighted by atomic mass is 35.5. The summed E-state index contributed by atoms with van der Waals surface area (Å²) in [6.07, 6.45) is 1.79. The van der Waals surface area contributed by atoms with E-state index in [2.05, 4.69) is 30.9 Å². The number of rotatable bonds is 2. The van der Waals surface area contributed by atoms with Crippen LogP contribution in [0.3, 0.4) is 0 Å². The van der Waals surface area contributed by atoms with Gasteiger partial charge in [-0.05, 0) is 32.1 Å². The summed E-state index contributed by atoms with van der Waals surface area (Å²) in [5.74, 6) is 0.586. The van der Waals surface area contributed by atoms with Crippen LogP contribution in [0, 0.1) is 5.92 Å². The summed E-state index contributed by atoms with van der Waals surface area (Å²) >= 11 is 5.99. The van der Waals surface area contributed by atoms with Gasteiger partial charge in [0.25, 0.3) is 5.91 Å². The van der Waals surface area contributed by atoms with Gasteiger partial charge in [-0.2, -0.15) is 0 Å². The first-order valence-corrected chi connectivity index (χ1v) is 7.57. The predicted molar refractivity (Wildman–Crippen MR) is 85.9 cm³/mol. The molecule has 2 aromatic rings. The Balaban J connectivity index is 1.88. The van der Waals surface area contributed by atoms with E-state index in [0.29, 0.717) is 17.0 Å². The first-order valence-electron chi connectivity index (χ1n) is 7.19. The highest BCUT2D eigenvalue weighted by molar-refractivity contribution is 6.31. The lowest BCUT2D eigenvalue weighted by Crippen LogP contribution is -2.35. The van der Waals surface area contributed by atoms with Crippen LogP contribution in [0.15, 0.2) is 24.4 Å². The van der Waals surface area contributed by atoms with E-state index in [1.165, 1.54) is 0 Å². The van der Waals surface area contributed by atoms with E-state index in [1.54, 1.807) is 6.20 Å². The lowest BCUT2D eigenvalue weighted by Gasteiger charge is -2.22. The van der Waals surface area contributed by atoms with Gasteiger partial charge in [0.05, 0.1) is 5.56 Å². The third-order valence-corrected chi connectivity index (χ3v) is 4.63. The van der Waals surface area contributed by atoms with Crippen LogP contribution in [0.5, 0.6) is 0 Å². The van der Waals surface area contributed by atoms with Crippen LogP contribution in [0.4, 0.5) is 0 Å². The molecule has 1 fully saturated rings. The summed E-state index contributed by atoms with van der Waals surface area (Å²) in [5, 5.41) is 1.61. The zero-order chi connectivity index (χ0) is 15.1. The number of carbonyl (C=O) groups is 1. The lowest BCUT2D eigenvalue weighted by molar-refractivity contribution is 0.0783. The number of benzene rings is 1. The molecule has 0 unspecified atom stereocenters. The van der Waals surface area contributed by atoms with E-state index in [-0.39, 0.29) is 5.91 Å². The van der Waals surface area contributed by atoms with Crippen LogP contribution < -0.4 is 0 Å². The number of likely N-dealkylation sites (tertiary alicyclic amines) is 1. The largest absolute Gasteiger partial charge is 0.360 e. The Kier molecular flexibility index (Phi) is 3.68. The van der Waals surface area contributed by atoms with Gasteiger partial charge >= 0.3 is 0 Å². The molecule has 1 amide bonds. The second kappa shape index (κ2) is 5.35. The molecule has 4 nitrogen and oxygen atoms in total. The fraction of sp³-hybridized carbons (Fsp3) is 0.438. The molecule has 2 heterocycles. The molecular weight excluding hydrogens is 286 g/mol. The maximum absolute atomic E-state index is 12.8. The Morgan fingerprint density at radius 1 is 1.38 bits per heavy atom.